The van der Waals surface area contributed by atoms with Crippen LogP contribution in [0.25, 0.3) is 0 Å². The lowest BCUT2D eigenvalue weighted by atomic mass is 10.1. The maximum Gasteiger partial charge on any atom is 0.156 e. The molecule has 0 aromatic rings. The van der Waals surface area contributed by atoms with Gasteiger partial charge in [0, 0.05) is 6.61 Å². The summed E-state index contributed by atoms with van der Waals surface area (Å²) in [5, 5.41) is 0. The Kier molecular flexibility index (Phi) is 5.77. The molecule has 0 rings (SSSR count). The Morgan fingerprint density at radius 1 is 1.46 bits per heavy atom. The molecule has 0 aromatic carbocycles. The fraction of sp³-hybridized carbons (Fsp3) is 0.818. The van der Waals surface area contributed by atoms with Crippen molar-refractivity contribution < 1.29 is 9.47 Å². The predicted octanol–water partition coefficient (Wildman–Crippen LogP) is 2.58. The molecule has 1 atom stereocenters. The van der Waals surface area contributed by atoms with E-state index in [4.69, 9.17) is 15.9 Å². The van der Waals surface area contributed by atoms with Crippen molar-refractivity contribution in [2.75, 3.05) is 6.61 Å². The van der Waals surface area contributed by atoms with E-state index in [-0.39, 0.29) is 6.29 Å². The number of terminal acetylenes is 1. The molecule has 0 fully saturated rings. The summed E-state index contributed by atoms with van der Waals surface area (Å²) in [5.41, 5.74) is -0.536. The number of ether oxygens (including phenoxy) is 2. The van der Waals surface area contributed by atoms with Crippen LogP contribution in [-0.4, -0.2) is 18.5 Å². The first-order valence-corrected chi connectivity index (χ1v) is 4.79. The zero-order valence-electron chi connectivity index (χ0n) is 9.09. The Morgan fingerprint density at radius 2 is 2.08 bits per heavy atom. The molecule has 0 aliphatic rings. The van der Waals surface area contributed by atoms with E-state index in [1.165, 1.54) is 0 Å². The molecule has 0 aliphatic heterocycles. The van der Waals surface area contributed by atoms with Crippen LogP contribution in [0.1, 0.15) is 40.5 Å². The Balaban J connectivity index is 3.63. The minimum Gasteiger partial charge on any atom is -0.353 e. The summed E-state index contributed by atoms with van der Waals surface area (Å²) in [7, 11) is 0. The molecule has 76 valence electrons. The zero-order chi connectivity index (χ0) is 10.3. The molecular formula is C11H20O2. The molecule has 0 N–H and O–H groups in total. The summed E-state index contributed by atoms with van der Waals surface area (Å²) in [5.74, 6) is 2.56. The molecule has 2 nitrogen and oxygen atoms in total. The molecule has 0 heterocycles. The first-order chi connectivity index (χ1) is 6.02. The lowest BCUT2D eigenvalue weighted by Crippen LogP contribution is -2.29. The van der Waals surface area contributed by atoms with Gasteiger partial charge in [-0.15, -0.1) is 6.42 Å². The van der Waals surface area contributed by atoms with Crippen LogP contribution in [0.2, 0.25) is 0 Å². The van der Waals surface area contributed by atoms with Crippen LogP contribution in [0.4, 0.5) is 0 Å². The number of hydrogen-bond acceptors (Lipinski definition) is 2. The highest BCUT2D eigenvalue weighted by Crippen LogP contribution is 2.11. The van der Waals surface area contributed by atoms with Gasteiger partial charge in [-0.3, -0.25) is 0 Å². The van der Waals surface area contributed by atoms with Crippen molar-refractivity contribution in [3.63, 3.8) is 0 Å². The van der Waals surface area contributed by atoms with E-state index in [1.54, 1.807) is 0 Å². The Morgan fingerprint density at radius 3 is 2.54 bits per heavy atom. The van der Waals surface area contributed by atoms with Crippen LogP contribution in [0.15, 0.2) is 0 Å². The van der Waals surface area contributed by atoms with Crippen molar-refractivity contribution in [2.24, 2.45) is 0 Å². The quantitative estimate of drug-likeness (QED) is 0.359. The van der Waals surface area contributed by atoms with E-state index in [2.05, 4.69) is 12.8 Å². The molecule has 2 heteroatoms. The third-order valence-corrected chi connectivity index (χ3v) is 1.66. The molecule has 1 unspecified atom stereocenters. The maximum absolute atomic E-state index is 5.48. The molecule has 0 radical (unpaired) electrons. The van der Waals surface area contributed by atoms with Crippen molar-refractivity contribution in [1.82, 2.24) is 0 Å². The van der Waals surface area contributed by atoms with E-state index in [0.717, 1.165) is 19.4 Å². The fourth-order valence-corrected chi connectivity index (χ4v) is 0.877. The van der Waals surface area contributed by atoms with Gasteiger partial charge in [-0.25, -0.2) is 0 Å². The van der Waals surface area contributed by atoms with Crippen molar-refractivity contribution in [3.05, 3.63) is 0 Å². The maximum atomic E-state index is 5.48. The third-order valence-electron chi connectivity index (χ3n) is 1.66. The smallest absolute Gasteiger partial charge is 0.156 e. The van der Waals surface area contributed by atoms with E-state index < -0.39 is 5.60 Å². The topological polar surface area (TPSA) is 18.5 Å². The van der Waals surface area contributed by atoms with E-state index in [0.29, 0.717) is 0 Å². The average Bonchev–Trinajstić information content (AvgIpc) is 2.04. The van der Waals surface area contributed by atoms with Crippen molar-refractivity contribution in [1.29, 1.82) is 0 Å². The number of rotatable bonds is 6. The van der Waals surface area contributed by atoms with Gasteiger partial charge < -0.3 is 9.47 Å². The normalized spacial score (nSPS) is 13.8. The van der Waals surface area contributed by atoms with Gasteiger partial charge in [0.2, 0.25) is 0 Å². The first-order valence-electron chi connectivity index (χ1n) is 4.79. The third kappa shape index (κ3) is 6.62. The minimum atomic E-state index is -0.536. The lowest BCUT2D eigenvalue weighted by Gasteiger charge is -2.23. The van der Waals surface area contributed by atoms with E-state index in [1.807, 2.05) is 20.8 Å². The SMILES string of the molecule is C#CC(C)(C)OC(C)OCCCC. The van der Waals surface area contributed by atoms with Crippen LogP contribution in [0.5, 0.6) is 0 Å². The highest BCUT2D eigenvalue weighted by Gasteiger charge is 2.18. The van der Waals surface area contributed by atoms with Crippen LogP contribution in [-0.2, 0) is 9.47 Å². The van der Waals surface area contributed by atoms with Gasteiger partial charge in [0.05, 0.1) is 0 Å². The summed E-state index contributed by atoms with van der Waals surface area (Å²) < 4.78 is 10.9. The second-order valence-corrected chi connectivity index (χ2v) is 3.56. The molecule has 0 saturated carbocycles. The van der Waals surface area contributed by atoms with Gasteiger partial charge >= 0.3 is 0 Å². The minimum absolute atomic E-state index is 0.224. The van der Waals surface area contributed by atoms with Crippen LogP contribution < -0.4 is 0 Å². The van der Waals surface area contributed by atoms with Gasteiger partial charge in [-0.2, -0.15) is 0 Å². The van der Waals surface area contributed by atoms with E-state index >= 15 is 0 Å². The summed E-state index contributed by atoms with van der Waals surface area (Å²) in [6.45, 7) is 8.44. The molecular weight excluding hydrogens is 164 g/mol. The summed E-state index contributed by atoms with van der Waals surface area (Å²) in [6.07, 6.45) is 7.24. The number of hydrogen-bond donors (Lipinski definition) is 0. The van der Waals surface area contributed by atoms with Crippen molar-refractivity contribution >= 4 is 0 Å². The van der Waals surface area contributed by atoms with Gasteiger partial charge in [0.25, 0.3) is 0 Å². The molecule has 0 aromatic heterocycles. The average molecular weight is 184 g/mol. The standard InChI is InChI=1S/C11H20O2/c1-6-8-9-12-10(3)13-11(4,5)7-2/h2,10H,6,8-9H2,1,3-5H3. The second kappa shape index (κ2) is 6.01. The Hall–Kier alpha value is -0.520. The van der Waals surface area contributed by atoms with Gasteiger partial charge in [-0.05, 0) is 27.2 Å². The predicted molar refractivity (Wildman–Crippen MR) is 54.3 cm³/mol. The summed E-state index contributed by atoms with van der Waals surface area (Å²) >= 11 is 0. The molecule has 0 saturated heterocycles. The van der Waals surface area contributed by atoms with Gasteiger partial charge in [-0.1, -0.05) is 19.3 Å². The first kappa shape index (κ1) is 12.5. The van der Waals surface area contributed by atoms with Crippen molar-refractivity contribution in [2.45, 2.75) is 52.4 Å². The summed E-state index contributed by atoms with van der Waals surface area (Å²) in [6, 6.07) is 0. The van der Waals surface area contributed by atoms with Crippen LogP contribution >= 0.6 is 0 Å². The monoisotopic (exact) mass is 184 g/mol. The van der Waals surface area contributed by atoms with Gasteiger partial charge in [0.15, 0.2) is 6.29 Å². The number of unbranched alkanes of at least 4 members (excludes halogenated alkanes) is 1. The van der Waals surface area contributed by atoms with E-state index in [9.17, 15) is 0 Å². The molecule has 0 aliphatic carbocycles. The van der Waals surface area contributed by atoms with Crippen LogP contribution in [0.3, 0.4) is 0 Å². The van der Waals surface area contributed by atoms with Crippen molar-refractivity contribution in [3.8, 4) is 12.3 Å². The highest BCUT2D eigenvalue weighted by atomic mass is 16.7. The lowest BCUT2D eigenvalue weighted by molar-refractivity contribution is -0.172. The molecule has 13 heavy (non-hydrogen) atoms. The van der Waals surface area contributed by atoms with Crippen LogP contribution in [0, 0.1) is 12.3 Å². The molecule has 0 amide bonds. The second-order valence-electron chi connectivity index (χ2n) is 3.56. The summed E-state index contributed by atoms with van der Waals surface area (Å²) in [4.78, 5) is 0. The zero-order valence-corrected chi connectivity index (χ0v) is 9.09. The molecule has 0 bridgehead atoms. The highest BCUT2D eigenvalue weighted by molar-refractivity contribution is 5.02. The van der Waals surface area contributed by atoms with Gasteiger partial charge in [0.1, 0.15) is 5.60 Å². The molecule has 0 spiro atoms. The largest absolute Gasteiger partial charge is 0.353 e. The Bertz CT molecular complexity index is 167. The Labute approximate surface area is 81.6 Å². The fourth-order valence-electron chi connectivity index (χ4n) is 0.877.